The monoisotopic (exact) mass is 318 g/mol. The molecule has 2 N–H and O–H groups in total. The van der Waals surface area contributed by atoms with Gasteiger partial charge in [0, 0.05) is 25.5 Å². The molecule has 2 aliphatic rings. The summed E-state index contributed by atoms with van der Waals surface area (Å²) in [6.45, 7) is 4.12. The first kappa shape index (κ1) is 16.3. The molecule has 23 heavy (non-hydrogen) atoms. The van der Waals surface area contributed by atoms with E-state index in [0.717, 1.165) is 50.3 Å². The van der Waals surface area contributed by atoms with E-state index in [1.165, 1.54) is 5.56 Å². The maximum atomic E-state index is 12.3. The Morgan fingerprint density at radius 1 is 1.39 bits per heavy atom. The summed E-state index contributed by atoms with van der Waals surface area (Å²) in [5.74, 6) is 1.04. The van der Waals surface area contributed by atoms with Crippen LogP contribution in [0.4, 0.5) is 0 Å². The van der Waals surface area contributed by atoms with E-state index < -0.39 is 0 Å². The number of methoxy groups -OCH3 is 1. The Bertz CT molecular complexity index is 548. The Hall–Kier alpha value is -1.59. The van der Waals surface area contributed by atoms with Gasteiger partial charge in [-0.3, -0.25) is 4.79 Å². The summed E-state index contributed by atoms with van der Waals surface area (Å²) in [7, 11) is 1.73. The van der Waals surface area contributed by atoms with E-state index in [-0.39, 0.29) is 11.3 Å². The summed E-state index contributed by atoms with van der Waals surface area (Å²) in [5.41, 5.74) is 2.34. The van der Waals surface area contributed by atoms with Gasteiger partial charge in [0.05, 0.1) is 19.6 Å². The Kier molecular flexibility index (Phi) is 5.18. The first-order valence-electron chi connectivity index (χ1n) is 8.42. The summed E-state index contributed by atoms with van der Waals surface area (Å²) in [6, 6.07) is 6.06. The van der Waals surface area contributed by atoms with Crippen molar-refractivity contribution in [2.45, 2.75) is 25.7 Å². The Morgan fingerprint density at radius 3 is 3.00 bits per heavy atom. The molecule has 0 aromatic heterocycles. The smallest absolute Gasteiger partial charge is 0.224 e. The minimum Gasteiger partial charge on any atom is -0.493 e. The summed E-state index contributed by atoms with van der Waals surface area (Å²) >= 11 is 0. The zero-order valence-corrected chi connectivity index (χ0v) is 13.8. The number of amides is 1. The molecular formula is C18H26N2O3. The highest BCUT2D eigenvalue weighted by atomic mass is 16.5. The molecule has 0 bridgehead atoms. The van der Waals surface area contributed by atoms with Crippen LogP contribution in [0.2, 0.25) is 0 Å². The fraction of sp³-hybridized carbons (Fsp3) is 0.611. The second-order valence-corrected chi connectivity index (χ2v) is 6.68. The molecular weight excluding hydrogens is 292 g/mol. The van der Waals surface area contributed by atoms with Gasteiger partial charge < -0.3 is 20.1 Å². The molecule has 1 aromatic carbocycles. The molecule has 2 heterocycles. The Labute approximate surface area is 137 Å². The van der Waals surface area contributed by atoms with Gasteiger partial charge in [0.2, 0.25) is 5.91 Å². The summed E-state index contributed by atoms with van der Waals surface area (Å²) < 4.78 is 10.9. The fourth-order valence-electron chi connectivity index (χ4n) is 3.52. The van der Waals surface area contributed by atoms with Gasteiger partial charge in [0.1, 0.15) is 5.75 Å². The van der Waals surface area contributed by atoms with E-state index in [1.807, 2.05) is 12.1 Å². The second-order valence-electron chi connectivity index (χ2n) is 6.68. The molecule has 0 unspecified atom stereocenters. The van der Waals surface area contributed by atoms with E-state index >= 15 is 0 Å². The van der Waals surface area contributed by atoms with Crippen molar-refractivity contribution < 1.29 is 14.3 Å². The van der Waals surface area contributed by atoms with Crippen LogP contribution in [0.5, 0.6) is 5.75 Å². The van der Waals surface area contributed by atoms with Crippen molar-refractivity contribution in [3.63, 3.8) is 0 Å². The van der Waals surface area contributed by atoms with Gasteiger partial charge >= 0.3 is 0 Å². The molecule has 126 valence electrons. The topological polar surface area (TPSA) is 59.6 Å². The van der Waals surface area contributed by atoms with E-state index in [9.17, 15) is 4.79 Å². The van der Waals surface area contributed by atoms with Crippen molar-refractivity contribution in [2.24, 2.45) is 5.41 Å². The first-order valence-corrected chi connectivity index (χ1v) is 8.42. The lowest BCUT2D eigenvalue weighted by Crippen LogP contribution is -2.47. The number of ether oxygens (including phenoxy) is 2. The van der Waals surface area contributed by atoms with E-state index in [0.29, 0.717) is 19.6 Å². The summed E-state index contributed by atoms with van der Waals surface area (Å²) in [4.78, 5) is 12.3. The molecule has 0 aliphatic carbocycles. The molecule has 1 amide bonds. The average molecular weight is 318 g/mol. The fourth-order valence-corrected chi connectivity index (χ4v) is 3.52. The van der Waals surface area contributed by atoms with Crippen LogP contribution in [-0.2, 0) is 22.4 Å². The average Bonchev–Trinajstić information content (AvgIpc) is 3.02. The van der Waals surface area contributed by atoms with Crippen LogP contribution in [0, 0.1) is 5.41 Å². The van der Waals surface area contributed by atoms with E-state index in [4.69, 9.17) is 9.47 Å². The molecule has 1 aromatic rings. The van der Waals surface area contributed by atoms with Crippen LogP contribution in [0.3, 0.4) is 0 Å². The van der Waals surface area contributed by atoms with Crippen LogP contribution in [0.1, 0.15) is 24.0 Å². The number of carbonyl (C=O) groups is 1. The first-order chi connectivity index (χ1) is 11.2. The van der Waals surface area contributed by atoms with Crippen molar-refractivity contribution in [2.75, 3.05) is 40.0 Å². The van der Waals surface area contributed by atoms with Gasteiger partial charge in [-0.2, -0.15) is 0 Å². The van der Waals surface area contributed by atoms with Gasteiger partial charge in [-0.05, 0) is 43.1 Å². The molecule has 1 saturated heterocycles. The minimum absolute atomic E-state index is 0.0709. The van der Waals surface area contributed by atoms with Crippen LogP contribution < -0.4 is 15.4 Å². The molecule has 5 nitrogen and oxygen atoms in total. The maximum absolute atomic E-state index is 12.3. The predicted molar refractivity (Wildman–Crippen MR) is 88.8 cm³/mol. The van der Waals surface area contributed by atoms with Crippen molar-refractivity contribution in [1.29, 1.82) is 0 Å². The van der Waals surface area contributed by atoms with Gasteiger partial charge in [-0.1, -0.05) is 12.1 Å². The number of hydrogen-bond acceptors (Lipinski definition) is 4. The number of carbonyl (C=O) groups excluding carboxylic acids is 1. The zero-order valence-electron chi connectivity index (χ0n) is 13.8. The van der Waals surface area contributed by atoms with Crippen molar-refractivity contribution >= 4 is 5.91 Å². The highest BCUT2D eigenvalue weighted by Crippen LogP contribution is 2.28. The number of hydrogen-bond donors (Lipinski definition) is 2. The summed E-state index contributed by atoms with van der Waals surface area (Å²) in [6.07, 6.45) is 3.44. The maximum Gasteiger partial charge on any atom is 0.224 e. The van der Waals surface area contributed by atoms with E-state index in [2.05, 4.69) is 16.7 Å². The number of benzene rings is 1. The van der Waals surface area contributed by atoms with Crippen molar-refractivity contribution in [1.82, 2.24) is 10.6 Å². The molecule has 1 fully saturated rings. The SMILES string of the molecule is COCC1(CNC(=O)Cc2ccc3c(c2)CCO3)CCNCC1. The summed E-state index contributed by atoms with van der Waals surface area (Å²) in [5, 5.41) is 6.49. The molecule has 0 atom stereocenters. The lowest BCUT2D eigenvalue weighted by Gasteiger charge is -2.37. The van der Waals surface area contributed by atoms with Crippen LogP contribution in [-0.4, -0.2) is 45.9 Å². The standard InChI is InChI=1S/C18H26N2O3/c1-22-13-18(5-7-19-8-6-18)12-20-17(21)11-14-2-3-16-15(10-14)4-9-23-16/h2-3,10,19H,4-9,11-13H2,1H3,(H,20,21). The van der Waals surface area contributed by atoms with Gasteiger partial charge in [0.15, 0.2) is 0 Å². The lowest BCUT2D eigenvalue weighted by atomic mass is 9.79. The van der Waals surface area contributed by atoms with Gasteiger partial charge in [-0.25, -0.2) is 0 Å². The molecule has 0 spiro atoms. The highest BCUT2D eigenvalue weighted by molar-refractivity contribution is 5.78. The lowest BCUT2D eigenvalue weighted by molar-refractivity contribution is -0.121. The third-order valence-electron chi connectivity index (χ3n) is 4.89. The molecule has 0 saturated carbocycles. The molecule has 5 heteroatoms. The second kappa shape index (κ2) is 7.32. The zero-order chi connectivity index (χ0) is 16.1. The quantitative estimate of drug-likeness (QED) is 0.830. The minimum atomic E-state index is 0.0709. The molecule has 0 radical (unpaired) electrons. The molecule has 2 aliphatic heterocycles. The van der Waals surface area contributed by atoms with Gasteiger partial charge in [-0.15, -0.1) is 0 Å². The van der Waals surface area contributed by atoms with Crippen LogP contribution >= 0.6 is 0 Å². The molecule has 3 rings (SSSR count). The third kappa shape index (κ3) is 4.03. The van der Waals surface area contributed by atoms with Crippen LogP contribution in [0.15, 0.2) is 18.2 Å². The van der Waals surface area contributed by atoms with Crippen molar-refractivity contribution in [3.8, 4) is 5.75 Å². The van der Waals surface area contributed by atoms with Crippen molar-refractivity contribution in [3.05, 3.63) is 29.3 Å². The normalized spacial score (nSPS) is 19.0. The Morgan fingerprint density at radius 2 is 2.22 bits per heavy atom. The van der Waals surface area contributed by atoms with E-state index in [1.54, 1.807) is 7.11 Å². The largest absolute Gasteiger partial charge is 0.493 e. The highest BCUT2D eigenvalue weighted by Gasteiger charge is 2.32. The number of rotatable bonds is 6. The number of piperidine rings is 1. The number of fused-ring (bicyclic) bond motifs is 1. The number of nitrogens with one attached hydrogen (secondary N) is 2. The third-order valence-corrected chi connectivity index (χ3v) is 4.89. The van der Waals surface area contributed by atoms with Gasteiger partial charge in [0.25, 0.3) is 0 Å². The predicted octanol–water partition coefficient (Wildman–Crippen LogP) is 1.30. The Balaban J connectivity index is 1.54. The van der Waals surface area contributed by atoms with Crippen LogP contribution in [0.25, 0.3) is 0 Å².